The Bertz CT molecular complexity index is 1700. The Morgan fingerprint density at radius 2 is 1.23 bits per heavy atom. The summed E-state index contributed by atoms with van der Waals surface area (Å²) in [5, 5.41) is 0. The molecule has 0 aromatic heterocycles. The van der Waals surface area contributed by atoms with Crippen LogP contribution in [0.3, 0.4) is 0 Å². The molecular weight excluding hydrogens is 603 g/mol. The van der Waals surface area contributed by atoms with Gasteiger partial charge in [0.15, 0.2) is 0 Å². The van der Waals surface area contributed by atoms with Crippen LogP contribution in [0.1, 0.15) is 34.7 Å². The second-order valence-electron chi connectivity index (χ2n) is 9.66. The second-order valence-corrected chi connectivity index (χ2v) is 13.1. The third-order valence-corrected chi connectivity index (χ3v) is 10.4. The van der Waals surface area contributed by atoms with Crippen molar-refractivity contribution in [3.63, 3.8) is 0 Å². The minimum atomic E-state index is -4.75. The van der Waals surface area contributed by atoms with E-state index >= 15 is 0 Å². The van der Waals surface area contributed by atoms with E-state index < -0.39 is 7.82 Å². The predicted octanol–water partition coefficient (Wildman–Crippen LogP) is 9.03. The normalized spacial score (nSPS) is 14.6. The zero-order valence-corrected chi connectivity index (χ0v) is 26.5. The lowest BCUT2D eigenvalue weighted by atomic mass is 10.1. The Balaban J connectivity index is 1.44. The molecule has 0 fully saturated rings. The Kier molecular flexibility index (Phi) is 8.25. The molecule has 1 unspecified atom stereocenters. The zero-order valence-electron chi connectivity index (χ0n) is 24.0. The number of hydrogen-bond acceptors (Lipinski definition) is 8. The SMILES string of the molecule is CCc1cccc2c1Sc1ccc(OC)cc1C=C2OP(=O)(O)OC1=Cc2cc(OC)ccc2Sc2c(OC)cccc21. The highest BCUT2D eigenvalue weighted by atomic mass is 32.2. The lowest BCUT2D eigenvalue weighted by Crippen LogP contribution is -1.99. The molecule has 2 heterocycles. The molecule has 2 aliphatic heterocycles. The third kappa shape index (κ3) is 5.91. The summed E-state index contributed by atoms with van der Waals surface area (Å²) in [5.74, 6) is 2.33. The molecule has 0 saturated heterocycles. The van der Waals surface area contributed by atoms with Gasteiger partial charge >= 0.3 is 7.82 Å². The first-order valence-electron chi connectivity index (χ1n) is 13.5. The van der Waals surface area contributed by atoms with Crippen LogP contribution in [0.5, 0.6) is 17.2 Å². The van der Waals surface area contributed by atoms with Gasteiger partial charge in [0.1, 0.15) is 28.8 Å². The maximum atomic E-state index is 13.9. The van der Waals surface area contributed by atoms with Crippen molar-refractivity contribution in [2.24, 2.45) is 0 Å². The Labute approximate surface area is 259 Å². The Morgan fingerprint density at radius 1 is 0.698 bits per heavy atom. The van der Waals surface area contributed by atoms with Crippen molar-refractivity contribution in [1.82, 2.24) is 0 Å². The summed E-state index contributed by atoms with van der Waals surface area (Å²) in [5.41, 5.74) is 3.98. The van der Waals surface area contributed by atoms with Gasteiger partial charge in [0.25, 0.3) is 0 Å². The smallest absolute Gasteiger partial charge is 0.497 e. The molecule has 2 aliphatic rings. The first-order chi connectivity index (χ1) is 20.8. The molecule has 43 heavy (non-hydrogen) atoms. The van der Waals surface area contributed by atoms with Gasteiger partial charge in [-0.25, -0.2) is 4.57 Å². The number of phosphoric ester groups is 1. The highest BCUT2D eigenvalue weighted by Gasteiger charge is 2.33. The van der Waals surface area contributed by atoms with E-state index in [-0.39, 0.29) is 11.5 Å². The maximum Gasteiger partial charge on any atom is 0.584 e. The Hall–Kier alpha value is -3.75. The summed E-state index contributed by atoms with van der Waals surface area (Å²) in [6.45, 7) is 2.08. The molecule has 7 nitrogen and oxygen atoms in total. The van der Waals surface area contributed by atoms with Crippen LogP contribution in [0.2, 0.25) is 0 Å². The highest BCUT2D eigenvalue weighted by Crippen LogP contribution is 2.56. The van der Waals surface area contributed by atoms with Gasteiger partial charge in [0.2, 0.25) is 0 Å². The molecular formula is C33H29O7PS2. The van der Waals surface area contributed by atoms with Crippen molar-refractivity contribution >= 4 is 55.0 Å². The van der Waals surface area contributed by atoms with Gasteiger partial charge in [-0.1, -0.05) is 54.7 Å². The fraction of sp³-hybridized carbons (Fsp3) is 0.152. The van der Waals surface area contributed by atoms with Gasteiger partial charge in [0, 0.05) is 25.8 Å². The fourth-order valence-corrected chi connectivity index (χ4v) is 8.12. The molecule has 4 aromatic carbocycles. The predicted molar refractivity (Wildman–Crippen MR) is 171 cm³/mol. The molecule has 220 valence electrons. The molecule has 0 aliphatic carbocycles. The molecule has 4 aromatic rings. The van der Waals surface area contributed by atoms with Crippen molar-refractivity contribution in [2.75, 3.05) is 21.3 Å². The van der Waals surface area contributed by atoms with E-state index in [0.29, 0.717) is 28.4 Å². The highest BCUT2D eigenvalue weighted by molar-refractivity contribution is 7.99. The van der Waals surface area contributed by atoms with Crippen molar-refractivity contribution in [3.05, 3.63) is 101 Å². The summed E-state index contributed by atoms with van der Waals surface area (Å²) >= 11 is 3.07. The molecule has 10 heteroatoms. The summed E-state index contributed by atoms with van der Waals surface area (Å²) in [4.78, 5) is 14.9. The van der Waals surface area contributed by atoms with Gasteiger partial charge in [0.05, 0.1) is 26.2 Å². The van der Waals surface area contributed by atoms with Gasteiger partial charge in [-0.05, 0) is 83.8 Å². The number of ether oxygens (including phenoxy) is 3. The molecule has 1 atom stereocenters. The zero-order chi connectivity index (χ0) is 30.1. The number of fused-ring (bicyclic) bond motifs is 4. The number of hydrogen-bond donors (Lipinski definition) is 1. The minimum Gasteiger partial charge on any atom is -0.497 e. The summed E-state index contributed by atoms with van der Waals surface area (Å²) in [6.07, 6.45) is 4.27. The van der Waals surface area contributed by atoms with Crippen LogP contribution < -0.4 is 14.2 Å². The Morgan fingerprint density at radius 3 is 1.77 bits per heavy atom. The lowest BCUT2D eigenvalue weighted by Gasteiger charge is -2.20. The summed E-state index contributed by atoms with van der Waals surface area (Å²) in [7, 11) is 0.0375. The van der Waals surface area contributed by atoms with Crippen molar-refractivity contribution in [3.8, 4) is 17.2 Å². The van der Waals surface area contributed by atoms with E-state index in [9.17, 15) is 9.46 Å². The number of methoxy groups -OCH3 is 3. The average molecular weight is 633 g/mol. The molecule has 0 bridgehead atoms. The second kappa shape index (κ2) is 12.1. The summed E-state index contributed by atoms with van der Waals surface area (Å²) < 4.78 is 42.3. The minimum absolute atomic E-state index is 0.174. The summed E-state index contributed by atoms with van der Waals surface area (Å²) in [6, 6.07) is 22.8. The van der Waals surface area contributed by atoms with Crippen LogP contribution >= 0.6 is 31.3 Å². The van der Waals surface area contributed by atoms with Crippen LogP contribution in [0.25, 0.3) is 23.7 Å². The first-order valence-corrected chi connectivity index (χ1v) is 16.6. The monoisotopic (exact) mass is 632 g/mol. The van der Waals surface area contributed by atoms with Gasteiger partial charge in [-0.3, -0.25) is 4.89 Å². The van der Waals surface area contributed by atoms with Crippen LogP contribution in [0.15, 0.2) is 92.4 Å². The van der Waals surface area contributed by atoms with Crippen molar-refractivity contribution in [1.29, 1.82) is 0 Å². The standard InChI is InChI=1S/C33H29O7PS2/c1-5-20-8-6-9-25-28(18-21-16-23(36-2)12-14-30(21)42-32(20)25)39-41(34,35)40-29-19-22-17-24(37-3)13-15-31(22)43-33-26(29)10-7-11-27(33)38-4/h6-19H,5H2,1-4H3,(H,34,35). The van der Waals surface area contributed by atoms with Gasteiger partial charge < -0.3 is 23.3 Å². The number of rotatable bonds is 8. The molecule has 0 radical (unpaired) electrons. The van der Waals surface area contributed by atoms with Crippen LogP contribution in [-0.4, -0.2) is 26.2 Å². The molecule has 0 saturated carbocycles. The number of aryl methyl sites for hydroxylation is 1. The molecule has 0 spiro atoms. The topological polar surface area (TPSA) is 83.5 Å². The van der Waals surface area contributed by atoms with Crippen molar-refractivity contribution < 1.29 is 32.7 Å². The third-order valence-electron chi connectivity index (χ3n) is 7.07. The average Bonchev–Trinajstić information content (AvgIpc) is 3.26. The quantitative estimate of drug-likeness (QED) is 0.191. The van der Waals surface area contributed by atoms with E-state index in [2.05, 4.69) is 13.0 Å². The molecule has 1 N–H and O–H groups in total. The lowest BCUT2D eigenvalue weighted by molar-refractivity contribution is 0.264. The van der Waals surface area contributed by atoms with Crippen molar-refractivity contribution in [2.45, 2.75) is 32.9 Å². The van der Waals surface area contributed by atoms with E-state index in [0.717, 1.165) is 42.7 Å². The first kappa shape index (κ1) is 29.3. The largest absolute Gasteiger partial charge is 0.584 e. The van der Waals surface area contributed by atoms with Gasteiger partial charge in [-0.2, -0.15) is 0 Å². The van der Waals surface area contributed by atoms with Crippen LogP contribution in [-0.2, 0) is 20.0 Å². The van der Waals surface area contributed by atoms with E-state index in [1.165, 1.54) is 11.8 Å². The number of benzene rings is 4. The van der Waals surface area contributed by atoms with E-state index in [1.807, 2.05) is 66.7 Å². The van der Waals surface area contributed by atoms with Crippen LogP contribution in [0, 0.1) is 0 Å². The number of phosphoric acid groups is 1. The van der Waals surface area contributed by atoms with Crippen LogP contribution in [0.4, 0.5) is 0 Å². The fourth-order valence-electron chi connectivity index (χ4n) is 4.95. The van der Waals surface area contributed by atoms with E-state index in [1.54, 1.807) is 45.2 Å². The van der Waals surface area contributed by atoms with Gasteiger partial charge in [-0.15, -0.1) is 0 Å². The molecule has 0 amide bonds. The molecule has 6 rings (SSSR count). The maximum absolute atomic E-state index is 13.9. The van der Waals surface area contributed by atoms with E-state index in [4.69, 9.17) is 23.3 Å².